The highest BCUT2D eigenvalue weighted by Gasteiger charge is 2.22. The quantitative estimate of drug-likeness (QED) is 0.593. The van der Waals surface area contributed by atoms with Crippen molar-refractivity contribution in [3.8, 4) is 0 Å². The van der Waals surface area contributed by atoms with Crippen molar-refractivity contribution in [2.24, 2.45) is 0 Å². The molecule has 0 unspecified atom stereocenters. The average Bonchev–Trinajstić information content (AvgIpc) is 3.21. The molecule has 1 aromatic carbocycles. The zero-order chi connectivity index (χ0) is 22.5. The molecule has 9 nitrogen and oxygen atoms in total. The Kier molecular flexibility index (Phi) is 6.84. The molecule has 2 aliphatic rings. The van der Waals surface area contributed by atoms with Gasteiger partial charge < -0.3 is 25.5 Å². The van der Waals surface area contributed by atoms with E-state index in [1.54, 1.807) is 13.0 Å². The molecule has 1 fully saturated rings. The van der Waals surface area contributed by atoms with E-state index >= 15 is 0 Å². The van der Waals surface area contributed by atoms with Gasteiger partial charge in [-0.3, -0.25) is 9.59 Å². The standard InChI is InChI=1S/C23H30N6O3/c1-16(30)28-10-7-18(8-11-28)27-22-12-20(25-15-26-22)23(32)24-13-19(31)14-29-9-6-17-4-2-3-5-21(17)29/h2-5,12,15,18-19,31H,6-11,13-14H2,1H3,(H,24,32)(H,25,26,27)/t19-/m0/s1. The number of carbonyl (C=O) groups excluding carboxylic acids is 2. The van der Waals surface area contributed by atoms with Crippen LogP contribution in [0, 0.1) is 0 Å². The van der Waals surface area contributed by atoms with Crippen LogP contribution in [-0.4, -0.2) is 76.7 Å². The van der Waals surface area contributed by atoms with Crippen LogP contribution in [0.1, 0.15) is 35.8 Å². The van der Waals surface area contributed by atoms with Crippen LogP contribution >= 0.6 is 0 Å². The summed E-state index contributed by atoms with van der Waals surface area (Å²) in [5, 5.41) is 16.5. The predicted molar refractivity (Wildman–Crippen MR) is 122 cm³/mol. The normalized spacial score (nSPS) is 17.1. The van der Waals surface area contributed by atoms with Gasteiger partial charge in [-0.05, 0) is 30.9 Å². The Bertz CT molecular complexity index is 960. The minimum Gasteiger partial charge on any atom is -0.389 e. The first-order valence-corrected chi connectivity index (χ1v) is 11.1. The van der Waals surface area contributed by atoms with Gasteiger partial charge in [0.15, 0.2) is 0 Å². The van der Waals surface area contributed by atoms with Gasteiger partial charge in [-0.1, -0.05) is 18.2 Å². The van der Waals surface area contributed by atoms with Crippen molar-refractivity contribution >= 4 is 23.3 Å². The summed E-state index contributed by atoms with van der Waals surface area (Å²) in [5.41, 5.74) is 2.69. The number of anilines is 2. The van der Waals surface area contributed by atoms with Gasteiger partial charge in [0.2, 0.25) is 5.91 Å². The fourth-order valence-corrected chi connectivity index (χ4v) is 4.32. The summed E-state index contributed by atoms with van der Waals surface area (Å²) in [6.07, 6.45) is 3.31. The maximum Gasteiger partial charge on any atom is 0.270 e. The number of para-hydroxylation sites is 1. The molecule has 0 radical (unpaired) electrons. The minimum atomic E-state index is -0.684. The molecule has 2 aliphatic heterocycles. The SMILES string of the molecule is CC(=O)N1CCC(Nc2cc(C(=O)NC[C@H](O)CN3CCc4ccccc43)ncn2)CC1. The zero-order valence-electron chi connectivity index (χ0n) is 18.3. The van der Waals surface area contributed by atoms with E-state index in [9.17, 15) is 14.7 Å². The Morgan fingerprint density at radius 2 is 1.97 bits per heavy atom. The highest BCUT2D eigenvalue weighted by molar-refractivity contribution is 5.92. The molecule has 3 heterocycles. The van der Waals surface area contributed by atoms with E-state index < -0.39 is 6.10 Å². The Labute approximate surface area is 187 Å². The van der Waals surface area contributed by atoms with Gasteiger partial charge in [0.1, 0.15) is 17.8 Å². The third-order valence-corrected chi connectivity index (χ3v) is 6.10. The van der Waals surface area contributed by atoms with Gasteiger partial charge in [0.25, 0.3) is 5.91 Å². The molecular formula is C23H30N6O3. The van der Waals surface area contributed by atoms with Crippen molar-refractivity contribution in [3.05, 3.63) is 47.9 Å². The number of aliphatic hydroxyl groups excluding tert-OH is 1. The van der Waals surface area contributed by atoms with Crippen LogP contribution in [0.25, 0.3) is 0 Å². The summed E-state index contributed by atoms with van der Waals surface area (Å²) >= 11 is 0. The lowest BCUT2D eigenvalue weighted by Gasteiger charge is -2.31. The van der Waals surface area contributed by atoms with E-state index in [1.165, 1.54) is 11.9 Å². The van der Waals surface area contributed by atoms with Crippen molar-refractivity contribution in [2.75, 3.05) is 42.9 Å². The smallest absolute Gasteiger partial charge is 0.270 e. The van der Waals surface area contributed by atoms with Crippen LogP contribution in [0.5, 0.6) is 0 Å². The highest BCUT2D eigenvalue weighted by atomic mass is 16.3. The lowest BCUT2D eigenvalue weighted by atomic mass is 10.1. The van der Waals surface area contributed by atoms with Crippen molar-refractivity contribution in [3.63, 3.8) is 0 Å². The van der Waals surface area contributed by atoms with Crippen LogP contribution in [0.2, 0.25) is 0 Å². The first-order chi connectivity index (χ1) is 15.5. The lowest BCUT2D eigenvalue weighted by Crippen LogP contribution is -2.41. The van der Waals surface area contributed by atoms with Crippen molar-refractivity contribution in [1.82, 2.24) is 20.2 Å². The number of hydrogen-bond acceptors (Lipinski definition) is 7. The molecule has 2 aromatic rings. The molecule has 0 spiro atoms. The third kappa shape index (κ3) is 5.34. The number of aromatic nitrogens is 2. The molecule has 0 aliphatic carbocycles. The number of fused-ring (bicyclic) bond motifs is 1. The van der Waals surface area contributed by atoms with E-state index in [2.05, 4.69) is 37.6 Å². The second kappa shape index (κ2) is 9.95. The van der Waals surface area contributed by atoms with E-state index in [-0.39, 0.29) is 30.1 Å². The van der Waals surface area contributed by atoms with E-state index in [1.807, 2.05) is 17.0 Å². The molecular weight excluding hydrogens is 408 g/mol. The fraction of sp³-hybridized carbons (Fsp3) is 0.478. The number of β-amino-alcohol motifs (C(OH)–C–C–N with tert-alkyl or cyclic N) is 1. The third-order valence-electron chi connectivity index (χ3n) is 6.10. The predicted octanol–water partition coefficient (Wildman–Crippen LogP) is 1.05. The number of aliphatic hydroxyl groups is 1. The number of carbonyl (C=O) groups is 2. The van der Waals surface area contributed by atoms with Crippen LogP contribution in [0.15, 0.2) is 36.7 Å². The molecule has 0 bridgehead atoms. The largest absolute Gasteiger partial charge is 0.389 e. The number of likely N-dealkylation sites (tertiary alicyclic amines) is 1. The highest BCUT2D eigenvalue weighted by Crippen LogP contribution is 2.27. The number of amides is 2. The second-order valence-electron chi connectivity index (χ2n) is 8.40. The first-order valence-electron chi connectivity index (χ1n) is 11.1. The minimum absolute atomic E-state index is 0.0978. The number of rotatable bonds is 7. The van der Waals surface area contributed by atoms with Gasteiger partial charge in [-0.25, -0.2) is 9.97 Å². The van der Waals surface area contributed by atoms with Crippen molar-refractivity contribution in [2.45, 2.75) is 38.3 Å². The number of hydrogen-bond donors (Lipinski definition) is 3. The fourth-order valence-electron chi connectivity index (χ4n) is 4.32. The molecule has 9 heteroatoms. The summed E-state index contributed by atoms with van der Waals surface area (Å²) in [6, 6.07) is 10.0. The molecule has 170 valence electrons. The van der Waals surface area contributed by atoms with Gasteiger partial charge in [-0.2, -0.15) is 0 Å². The van der Waals surface area contributed by atoms with E-state index in [0.717, 1.165) is 31.5 Å². The average molecular weight is 439 g/mol. The summed E-state index contributed by atoms with van der Waals surface area (Å²) in [4.78, 5) is 36.3. The maximum absolute atomic E-state index is 12.5. The molecule has 4 rings (SSSR count). The Hall–Kier alpha value is -3.20. The van der Waals surface area contributed by atoms with Crippen LogP contribution in [0.4, 0.5) is 11.5 Å². The molecule has 1 aromatic heterocycles. The Morgan fingerprint density at radius 3 is 2.75 bits per heavy atom. The Morgan fingerprint density at radius 1 is 1.19 bits per heavy atom. The van der Waals surface area contributed by atoms with Gasteiger partial charge in [-0.15, -0.1) is 0 Å². The number of piperidine rings is 1. The number of benzene rings is 1. The number of nitrogens with one attached hydrogen (secondary N) is 2. The monoisotopic (exact) mass is 438 g/mol. The van der Waals surface area contributed by atoms with Gasteiger partial charge in [0.05, 0.1) is 6.10 Å². The van der Waals surface area contributed by atoms with Crippen LogP contribution in [0.3, 0.4) is 0 Å². The van der Waals surface area contributed by atoms with Gasteiger partial charge in [0, 0.05) is 57.4 Å². The molecule has 1 atom stereocenters. The molecule has 0 saturated carbocycles. The maximum atomic E-state index is 12.5. The molecule has 32 heavy (non-hydrogen) atoms. The zero-order valence-corrected chi connectivity index (χ0v) is 18.3. The van der Waals surface area contributed by atoms with Crippen LogP contribution < -0.4 is 15.5 Å². The summed E-state index contributed by atoms with van der Waals surface area (Å²) < 4.78 is 0. The summed E-state index contributed by atoms with van der Waals surface area (Å²) in [6.45, 7) is 4.50. The van der Waals surface area contributed by atoms with E-state index in [4.69, 9.17) is 0 Å². The lowest BCUT2D eigenvalue weighted by molar-refractivity contribution is -0.129. The first kappa shape index (κ1) is 22.0. The molecule has 1 saturated heterocycles. The van der Waals surface area contributed by atoms with Gasteiger partial charge >= 0.3 is 0 Å². The topological polar surface area (TPSA) is 111 Å². The van der Waals surface area contributed by atoms with Crippen molar-refractivity contribution < 1.29 is 14.7 Å². The summed E-state index contributed by atoms with van der Waals surface area (Å²) in [7, 11) is 0. The second-order valence-corrected chi connectivity index (χ2v) is 8.40. The summed E-state index contributed by atoms with van der Waals surface area (Å²) in [5.74, 6) is 0.337. The molecule has 3 N–H and O–H groups in total. The Balaban J connectivity index is 1.25. The van der Waals surface area contributed by atoms with Crippen molar-refractivity contribution in [1.29, 1.82) is 0 Å². The molecule has 2 amide bonds. The van der Waals surface area contributed by atoms with Crippen LogP contribution in [-0.2, 0) is 11.2 Å². The van der Waals surface area contributed by atoms with E-state index in [0.29, 0.717) is 25.5 Å². The number of nitrogens with zero attached hydrogens (tertiary/aromatic N) is 4.